The maximum absolute atomic E-state index is 14.1. The SMILES string of the molecule is CNc1cc([N+](=O)[O-])cc(F)c1S(=O)(=O)N(C)C1CCC1. The van der Waals surface area contributed by atoms with Gasteiger partial charge in [0.25, 0.3) is 5.69 Å². The van der Waals surface area contributed by atoms with E-state index in [1.54, 1.807) is 0 Å². The van der Waals surface area contributed by atoms with Gasteiger partial charge in [-0.05, 0) is 12.8 Å². The number of hydrogen-bond donors (Lipinski definition) is 1. The van der Waals surface area contributed by atoms with Crippen molar-refractivity contribution < 1.29 is 17.7 Å². The summed E-state index contributed by atoms with van der Waals surface area (Å²) >= 11 is 0. The van der Waals surface area contributed by atoms with Crippen LogP contribution < -0.4 is 5.32 Å². The third kappa shape index (κ3) is 2.70. The molecule has 0 radical (unpaired) electrons. The number of benzene rings is 1. The van der Waals surface area contributed by atoms with Crippen LogP contribution in [0.5, 0.6) is 0 Å². The fourth-order valence-electron chi connectivity index (χ4n) is 2.22. The number of nitrogens with zero attached hydrogens (tertiary/aromatic N) is 2. The Morgan fingerprint density at radius 1 is 1.43 bits per heavy atom. The van der Waals surface area contributed by atoms with Gasteiger partial charge in [-0.3, -0.25) is 10.1 Å². The first kappa shape index (κ1) is 15.6. The lowest BCUT2D eigenvalue weighted by molar-refractivity contribution is -0.385. The van der Waals surface area contributed by atoms with E-state index in [1.807, 2.05) is 0 Å². The molecule has 21 heavy (non-hydrogen) atoms. The molecular weight excluding hydrogens is 301 g/mol. The third-order valence-electron chi connectivity index (χ3n) is 3.73. The van der Waals surface area contributed by atoms with Crippen LogP contribution in [-0.4, -0.2) is 37.8 Å². The second-order valence-electron chi connectivity index (χ2n) is 4.92. The summed E-state index contributed by atoms with van der Waals surface area (Å²) < 4.78 is 40.3. The first-order chi connectivity index (χ1) is 9.78. The Morgan fingerprint density at radius 2 is 2.05 bits per heavy atom. The van der Waals surface area contributed by atoms with E-state index >= 15 is 0 Å². The van der Waals surface area contributed by atoms with Gasteiger partial charge in [0, 0.05) is 26.2 Å². The summed E-state index contributed by atoms with van der Waals surface area (Å²) in [4.78, 5) is 9.41. The largest absolute Gasteiger partial charge is 0.387 e. The standard InChI is InChI=1S/C12H16FN3O4S/c1-14-11-7-9(16(17)18)6-10(13)12(11)21(19,20)15(2)8-4-3-5-8/h6-8,14H,3-5H2,1-2H3. The van der Waals surface area contributed by atoms with E-state index in [4.69, 9.17) is 0 Å². The average Bonchev–Trinajstić information content (AvgIpc) is 2.34. The van der Waals surface area contributed by atoms with Gasteiger partial charge in [-0.15, -0.1) is 0 Å². The van der Waals surface area contributed by atoms with Crippen molar-refractivity contribution in [3.05, 3.63) is 28.1 Å². The molecule has 1 fully saturated rings. The molecule has 0 spiro atoms. The first-order valence-corrected chi connectivity index (χ1v) is 7.86. The highest BCUT2D eigenvalue weighted by Crippen LogP contribution is 2.34. The maximum atomic E-state index is 14.1. The topological polar surface area (TPSA) is 92.5 Å². The molecule has 0 aromatic heterocycles. The summed E-state index contributed by atoms with van der Waals surface area (Å²) in [5, 5.41) is 13.2. The normalized spacial score (nSPS) is 15.8. The van der Waals surface area contributed by atoms with Crippen LogP contribution in [0, 0.1) is 15.9 Å². The minimum atomic E-state index is -4.04. The van der Waals surface area contributed by atoms with Crippen molar-refractivity contribution in [3.63, 3.8) is 0 Å². The highest BCUT2D eigenvalue weighted by Gasteiger charge is 2.36. The molecule has 0 aliphatic heterocycles. The van der Waals surface area contributed by atoms with Gasteiger partial charge >= 0.3 is 0 Å². The van der Waals surface area contributed by atoms with Crippen molar-refractivity contribution in [2.45, 2.75) is 30.2 Å². The molecule has 0 heterocycles. The first-order valence-electron chi connectivity index (χ1n) is 6.42. The zero-order valence-electron chi connectivity index (χ0n) is 11.7. The van der Waals surface area contributed by atoms with E-state index in [-0.39, 0.29) is 11.7 Å². The van der Waals surface area contributed by atoms with Gasteiger partial charge in [-0.2, -0.15) is 4.31 Å². The summed E-state index contributed by atoms with van der Waals surface area (Å²) in [6.45, 7) is 0. The number of rotatable bonds is 5. The van der Waals surface area contributed by atoms with Crippen LogP contribution in [0.4, 0.5) is 15.8 Å². The number of nitrogens with one attached hydrogen (secondary N) is 1. The van der Waals surface area contributed by atoms with Crippen LogP contribution in [0.2, 0.25) is 0 Å². The summed E-state index contributed by atoms with van der Waals surface area (Å²) in [6, 6.07) is 1.50. The van der Waals surface area contributed by atoms with Crippen molar-refractivity contribution >= 4 is 21.4 Å². The molecule has 1 aromatic carbocycles. The molecule has 1 saturated carbocycles. The summed E-state index contributed by atoms with van der Waals surface area (Å²) in [7, 11) is -1.25. The average molecular weight is 317 g/mol. The van der Waals surface area contributed by atoms with Crippen LogP contribution in [0.3, 0.4) is 0 Å². The molecule has 116 valence electrons. The number of halogens is 1. The Balaban J connectivity index is 2.54. The smallest absolute Gasteiger partial charge is 0.274 e. The van der Waals surface area contributed by atoms with Crippen molar-refractivity contribution in [2.75, 3.05) is 19.4 Å². The zero-order chi connectivity index (χ0) is 15.8. The molecule has 2 rings (SSSR count). The van der Waals surface area contributed by atoms with Crippen LogP contribution in [0.25, 0.3) is 0 Å². The van der Waals surface area contributed by atoms with Crippen LogP contribution >= 0.6 is 0 Å². The molecule has 1 aromatic rings. The van der Waals surface area contributed by atoms with Gasteiger partial charge in [-0.25, -0.2) is 12.8 Å². The van der Waals surface area contributed by atoms with E-state index in [1.165, 1.54) is 14.1 Å². The van der Waals surface area contributed by atoms with Crippen LogP contribution in [0.15, 0.2) is 17.0 Å². The molecule has 0 saturated heterocycles. The molecule has 9 heteroatoms. The number of hydrogen-bond acceptors (Lipinski definition) is 5. The van der Waals surface area contributed by atoms with Crippen molar-refractivity contribution in [3.8, 4) is 0 Å². The molecular formula is C12H16FN3O4S. The molecule has 1 aliphatic rings. The van der Waals surface area contributed by atoms with Crippen molar-refractivity contribution in [1.29, 1.82) is 0 Å². The van der Waals surface area contributed by atoms with Gasteiger partial charge in [0.1, 0.15) is 4.90 Å². The monoisotopic (exact) mass is 317 g/mol. The Bertz CT molecular complexity index is 673. The molecule has 0 unspecified atom stereocenters. The van der Waals surface area contributed by atoms with Crippen LogP contribution in [0.1, 0.15) is 19.3 Å². The van der Waals surface area contributed by atoms with E-state index < -0.39 is 31.3 Å². The second-order valence-corrected chi connectivity index (χ2v) is 6.85. The third-order valence-corrected chi connectivity index (χ3v) is 5.72. The van der Waals surface area contributed by atoms with Gasteiger partial charge in [0.05, 0.1) is 16.7 Å². The molecule has 0 bridgehead atoms. The lowest BCUT2D eigenvalue weighted by Crippen LogP contribution is -2.41. The summed E-state index contributed by atoms with van der Waals surface area (Å²) in [5.74, 6) is -1.13. The minimum absolute atomic E-state index is 0.118. The van der Waals surface area contributed by atoms with Gasteiger partial charge in [-0.1, -0.05) is 6.42 Å². The fourth-order valence-corrected chi connectivity index (χ4v) is 3.86. The Morgan fingerprint density at radius 3 is 2.48 bits per heavy atom. The lowest BCUT2D eigenvalue weighted by atomic mass is 9.94. The van der Waals surface area contributed by atoms with Gasteiger partial charge < -0.3 is 5.32 Å². The van der Waals surface area contributed by atoms with E-state index in [9.17, 15) is 22.9 Å². The molecule has 1 aliphatic carbocycles. The van der Waals surface area contributed by atoms with Crippen molar-refractivity contribution in [1.82, 2.24) is 4.31 Å². The number of nitro benzene ring substituents is 1. The van der Waals surface area contributed by atoms with E-state index in [2.05, 4.69) is 5.32 Å². The number of nitro groups is 1. The Labute approximate surface area is 122 Å². The predicted octanol–water partition coefficient (Wildman–Crippen LogP) is 1.95. The highest BCUT2D eigenvalue weighted by molar-refractivity contribution is 7.89. The van der Waals surface area contributed by atoms with Gasteiger partial charge in [0.2, 0.25) is 10.0 Å². The zero-order valence-corrected chi connectivity index (χ0v) is 12.5. The van der Waals surface area contributed by atoms with Crippen molar-refractivity contribution in [2.24, 2.45) is 0 Å². The quantitative estimate of drug-likeness (QED) is 0.662. The summed E-state index contributed by atoms with van der Waals surface area (Å²) in [5.41, 5.74) is -0.616. The Hall–Kier alpha value is -1.74. The summed E-state index contributed by atoms with van der Waals surface area (Å²) in [6.07, 6.45) is 2.41. The van der Waals surface area contributed by atoms with Crippen LogP contribution in [-0.2, 0) is 10.0 Å². The molecule has 1 N–H and O–H groups in total. The molecule has 0 atom stereocenters. The lowest BCUT2D eigenvalue weighted by Gasteiger charge is -2.34. The molecule has 0 amide bonds. The van der Waals surface area contributed by atoms with E-state index in [0.717, 1.165) is 29.6 Å². The van der Waals surface area contributed by atoms with E-state index in [0.29, 0.717) is 6.07 Å². The fraction of sp³-hybridized carbons (Fsp3) is 0.500. The number of anilines is 1. The minimum Gasteiger partial charge on any atom is -0.387 e. The van der Waals surface area contributed by atoms with Gasteiger partial charge in [0.15, 0.2) is 5.82 Å². The maximum Gasteiger partial charge on any atom is 0.274 e. The highest BCUT2D eigenvalue weighted by atomic mass is 32.2. The molecule has 7 nitrogen and oxygen atoms in total. The number of non-ortho nitro benzene ring substituents is 1. The second kappa shape index (κ2) is 5.57. The Kier molecular flexibility index (Phi) is 4.15. The predicted molar refractivity (Wildman–Crippen MR) is 75.2 cm³/mol. The number of sulfonamides is 1.